The molecule has 0 atom stereocenters. The first-order valence-corrected chi connectivity index (χ1v) is 7.68. The Balaban J connectivity index is 1.95. The van der Waals surface area contributed by atoms with Gasteiger partial charge in [0, 0.05) is 31.1 Å². The van der Waals surface area contributed by atoms with Crippen LogP contribution < -0.4 is 0 Å². The number of hydrogen-bond acceptors (Lipinski definition) is 3. The Morgan fingerprint density at radius 1 is 1.29 bits per heavy atom. The van der Waals surface area contributed by atoms with Crippen LogP contribution in [-0.4, -0.2) is 15.3 Å². The van der Waals surface area contributed by atoms with Crippen molar-refractivity contribution in [2.45, 2.75) is 13.3 Å². The molecule has 3 heterocycles. The van der Waals surface area contributed by atoms with Crippen molar-refractivity contribution in [3.63, 3.8) is 0 Å². The molecule has 4 heteroatoms. The first-order chi connectivity index (χ1) is 10.2. The second-order valence-electron chi connectivity index (χ2n) is 5.03. The largest absolute Gasteiger partial charge is 0.344 e. The van der Waals surface area contributed by atoms with Gasteiger partial charge in [0.05, 0.1) is 10.6 Å². The summed E-state index contributed by atoms with van der Waals surface area (Å²) in [4.78, 5) is 17.7. The van der Waals surface area contributed by atoms with Gasteiger partial charge in [-0.15, -0.1) is 11.3 Å². The average Bonchev–Trinajstić information content (AvgIpc) is 3.09. The lowest BCUT2D eigenvalue weighted by Gasteiger charge is -2.07. The highest BCUT2D eigenvalue weighted by Gasteiger charge is 2.19. The molecule has 3 rings (SSSR count). The Morgan fingerprint density at radius 3 is 2.81 bits per heavy atom. The summed E-state index contributed by atoms with van der Waals surface area (Å²) >= 11 is 1.48. The minimum absolute atomic E-state index is 0.0947. The van der Waals surface area contributed by atoms with E-state index in [1.54, 1.807) is 6.20 Å². The summed E-state index contributed by atoms with van der Waals surface area (Å²) in [6.07, 6.45) is 2.53. The summed E-state index contributed by atoms with van der Waals surface area (Å²) in [6, 6.07) is 11.8. The van der Waals surface area contributed by atoms with E-state index in [-0.39, 0.29) is 5.78 Å². The van der Waals surface area contributed by atoms with Gasteiger partial charge in [0.25, 0.3) is 0 Å². The Labute approximate surface area is 127 Å². The third-order valence-corrected chi connectivity index (χ3v) is 4.44. The normalized spacial score (nSPS) is 10.8. The molecule has 0 spiro atoms. The van der Waals surface area contributed by atoms with Crippen molar-refractivity contribution in [3.8, 4) is 0 Å². The van der Waals surface area contributed by atoms with Gasteiger partial charge in [0.15, 0.2) is 0 Å². The van der Waals surface area contributed by atoms with Crippen LogP contribution in [0.3, 0.4) is 0 Å². The van der Waals surface area contributed by atoms with E-state index < -0.39 is 0 Å². The van der Waals surface area contributed by atoms with Gasteiger partial charge in [0.2, 0.25) is 5.78 Å². The number of thiophene rings is 1. The highest BCUT2D eigenvalue weighted by atomic mass is 32.1. The van der Waals surface area contributed by atoms with Crippen LogP contribution in [-0.2, 0) is 13.5 Å². The molecule has 3 nitrogen and oxygen atoms in total. The second kappa shape index (κ2) is 5.66. The number of rotatable bonds is 4. The van der Waals surface area contributed by atoms with E-state index in [0.29, 0.717) is 0 Å². The van der Waals surface area contributed by atoms with Crippen molar-refractivity contribution in [1.29, 1.82) is 0 Å². The molecule has 21 heavy (non-hydrogen) atoms. The number of carbonyl (C=O) groups is 1. The van der Waals surface area contributed by atoms with E-state index in [2.05, 4.69) is 11.1 Å². The molecule has 0 radical (unpaired) electrons. The van der Waals surface area contributed by atoms with Crippen LogP contribution in [0.1, 0.15) is 32.3 Å². The molecule has 0 fully saturated rings. The number of aryl methyl sites for hydroxylation is 1. The van der Waals surface area contributed by atoms with Crippen molar-refractivity contribution in [3.05, 3.63) is 75.5 Å². The Bertz CT molecular complexity index is 758. The van der Waals surface area contributed by atoms with E-state index in [0.717, 1.165) is 33.9 Å². The van der Waals surface area contributed by atoms with E-state index in [1.165, 1.54) is 11.3 Å². The maximum atomic E-state index is 12.6. The molecule has 0 amide bonds. The molecule has 0 saturated heterocycles. The van der Waals surface area contributed by atoms with Gasteiger partial charge in [-0.1, -0.05) is 12.1 Å². The van der Waals surface area contributed by atoms with Gasteiger partial charge in [0.1, 0.15) is 0 Å². The predicted molar refractivity (Wildman–Crippen MR) is 84.9 cm³/mol. The second-order valence-corrected chi connectivity index (χ2v) is 5.98. The molecule has 0 aromatic carbocycles. The lowest BCUT2D eigenvalue weighted by atomic mass is 10.1. The molecule has 0 N–H and O–H groups in total. The van der Waals surface area contributed by atoms with Gasteiger partial charge < -0.3 is 4.57 Å². The third kappa shape index (κ3) is 2.67. The van der Waals surface area contributed by atoms with E-state index in [1.807, 2.05) is 54.3 Å². The molecular weight excluding hydrogens is 280 g/mol. The van der Waals surface area contributed by atoms with Crippen molar-refractivity contribution >= 4 is 17.1 Å². The van der Waals surface area contributed by atoms with Gasteiger partial charge in [-0.25, -0.2) is 0 Å². The highest BCUT2D eigenvalue weighted by Crippen LogP contribution is 2.22. The van der Waals surface area contributed by atoms with Crippen LogP contribution in [0.2, 0.25) is 0 Å². The van der Waals surface area contributed by atoms with Crippen molar-refractivity contribution in [1.82, 2.24) is 9.55 Å². The van der Waals surface area contributed by atoms with Crippen LogP contribution in [0.4, 0.5) is 0 Å². The van der Waals surface area contributed by atoms with Crippen LogP contribution in [0.15, 0.2) is 48.0 Å². The number of ketones is 1. The predicted octanol–water partition coefficient (Wildman–Crippen LogP) is 3.61. The number of aromatic nitrogens is 2. The zero-order chi connectivity index (χ0) is 14.8. The van der Waals surface area contributed by atoms with Gasteiger partial charge in [-0.3, -0.25) is 9.78 Å². The summed E-state index contributed by atoms with van der Waals surface area (Å²) < 4.78 is 1.99. The van der Waals surface area contributed by atoms with E-state index in [9.17, 15) is 4.79 Å². The highest BCUT2D eigenvalue weighted by molar-refractivity contribution is 7.12. The Morgan fingerprint density at radius 2 is 2.14 bits per heavy atom. The first-order valence-electron chi connectivity index (χ1n) is 6.80. The molecular formula is C17H16N2OS. The van der Waals surface area contributed by atoms with Gasteiger partial charge in [-0.05, 0) is 42.1 Å². The maximum Gasteiger partial charge on any atom is 0.219 e. The first kappa shape index (κ1) is 13.8. The minimum Gasteiger partial charge on any atom is -0.344 e. The van der Waals surface area contributed by atoms with Gasteiger partial charge >= 0.3 is 0 Å². The molecule has 0 aliphatic carbocycles. The fourth-order valence-corrected chi connectivity index (χ4v) is 3.20. The third-order valence-electron chi connectivity index (χ3n) is 3.57. The molecule has 106 valence electrons. The minimum atomic E-state index is 0.0947. The van der Waals surface area contributed by atoms with Crippen LogP contribution in [0.5, 0.6) is 0 Å². The fourth-order valence-electron chi connectivity index (χ4n) is 2.54. The summed E-state index contributed by atoms with van der Waals surface area (Å²) in [5.74, 6) is 0.0947. The molecule has 0 aliphatic heterocycles. The number of hydrogen-bond donors (Lipinski definition) is 0. The molecule has 0 aliphatic rings. The summed E-state index contributed by atoms with van der Waals surface area (Å²) in [5, 5.41) is 1.93. The van der Waals surface area contributed by atoms with Crippen LogP contribution in [0, 0.1) is 6.92 Å². The Hall–Kier alpha value is -2.20. The van der Waals surface area contributed by atoms with Crippen LogP contribution >= 0.6 is 11.3 Å². The summed E-state index contributed by atoms with van der Waals surface area (Å²) in [6.45, 7) is 1.99. The monoisotopic (exact) mass is 296 g/mol. The molecule has 3 aromatic heterocycles. The fraction of sp³-hybridized carbons (Fsp3) is 0.176. The zero-order valence-corrected chi connectivity index (χ0v) is 12.9. The Kier molecular flexibility index (Phi) is 3.71. The standard InChI is InChI=1S/C17H16N2OS/c1-12-10-14(11-13-6-3-4-8-18-13)19(2)16(12)17(20)15-7-5-9-21-15/h3-10H,11H2,1-2H3. The molecule has 3 aromatic rings. The maximum absolute atomic E-state index is 12.6. The summed E-state index contributed by atoms with van der Waals surface area (Å²) in [7, 11) is 1.95. The summed E-state index contributed by atoms with van der Waals surface area (Å²) in [5.41, 5.74) is 3.89. The lowest BCUT2D eigenvalue weighted by Crippen LogP contribution is -2.09. The molecule has 0 unspecified atom stereocenters. The van der Waals surface area contributed by atoms with Crippen LogP contribution in [0.25, 0.3) is 0 Å². The molecule has 0 bridgehead atoms. The molecule has 0 saturated carbocycles. The van der Waals surface area contributed by atoms with Crippen molar-refractivity contribution in [2.75, 3.05) is 0 Å². The zero-order valence-electron chi connectivity index (χ0n) is 12.0. The number of nitrogens with zero attached hydrogens (tertiary/aromatic N) is 2. The van der Waals surface area contributed by atoms with Crippen molar-refractivity contribution < 1.29 is 4.79 Å². The smallest absolute Gasteiger partial charge is 0.219 e. The van der Waals surface area contributed by atoms with Crippen molar-refractivity contribution in [2.24, 2.45) is 7.05 Å². The van der Waals surface area contributed by atoms with E-state index in [4.69, 9.17) is 0 Å². The quantitative estimate of drug-likeness (QED) is 0.689. The van der Waals surface area contributed by atoms with Gasteiger partial charge in [-0.2, -0.15) is 0 Å². The topological polar surface area (TPSA) is 34.9 Å². The lowest BCUT2D eigenvalue weighted by molar-refractivity contribution is 0.103. The van der Waals surface area contributed by atoms with E-state index >= 15 is 0 Å². The SMILES string of the molecule is Cc1cc(Cc2ccccn2)n(C)c1C(=O)c1cccs1. The average molecular weight is 296 g/mol. The number of carbonyl (C=O) groups excluding carboxylic acids is 1. The number of pyridine rings is 1.